The summed E-state index contributed by atoms with van der Waals surface area (Å²) in [4.78, 5) is 0. The third-order valence-corrected chi connectivity index (χ3v) is 5.56. The first kappa shape index (κ1) is 13.4. The second-order valence-electron chi connectivity index (χ2n) is 5.76. The van der Waals surface area contributed by atoms with Gasteiger partial charge in [0, 0.05) is 5.38 Å². The lowest BCUT2D eigenvalue weighted by atomic mass is 9.74. The molecular weight excluding hydrogens is 248 g/mol. The lowest BCUT2D eigenvalue weighted by Crippen LogP contribution is -2.28. The molecule has 2 rings (SSSR count). The van der Waals surface area contributed by atoms with Crippen LogP contribution < -0.4 is 0 Å². The SMILES string of the molecule is CC(C)C1CCC(Cl)C(CCc2ccsc2)C1. The molecule has 1 aliphatic carbocycles. The van der Waals surface area contributed by atoms with Crippen molar-refractivity contribution in [2.24, 2.45) is 17.8 Å². The van der Waals surface area contributed by atoms with Crippen molar-refractivity contribution < 1.29 is 0 Å². The number of alkyl halides is 1. The Morgan fingerprint density at radius 3 is 2.88 bits per heavy atom. The minimum absolute atomic E-state index is 0.420. The molecule has 3 unspecified atom stereocenters. The molecule has 1 aromatic rings. The summed E-state index contributed by atoms with van der Waals surface area (Å²) in [6.07, 6.45) is 6.38. The van der Waals surface area contributed by atoms with Crippen molar-refractivity contribution >= 4 is 22.9 Å². The van der Waals surface area contributed by atoms with Crippen LogP contribution in [0.2, 0.25) is 0 Å². The van der Waals surface area contributed by atoms with E-state index in [9.17, 15) is 0 Å². The van der Waals surface area contributed by atoms with Crippen molar-refractivity contribution in [3.8, 4) is 0 Å². The molecule has 0 N–H and O–H groups in total. The largest absolute Gasteiger partial charge is 0.152 e. The van der Waals surface area contributed by atoms with Crippen molar-refractivity contribution in [3.63, 3.8) is 0 Å². The van der Waals surface area contributed by atoms with Crippen molar-refractivity contribution in [1.82, 2.24) is 0 Å². The minimum Gasteiger partial charge on any atom is -0.152 e. The molecule has 0 aromatic carbocycles. The molecule has 0 bridgehead atoms. The van der Waals surface area contributed by atoms with Gasteiger partial charge in [-0.15, -0.1) is 11.6 Å². The van der Waals surface area contributed by atoms with Crippen LogP contribution in [0.25, 0.3) is 0 Å². The van der Waals surface area contributed by atoms with E-state index in [1.807, 2.05) is 0 Å². The number of halogens is 1. The summed E-state index contributed by atoms with van der Waals surface area (Å²) in [6.45, 7) is 4.71. The zero-order valence-electron chi connectivity index (χ0n) is 10.9. The Labute approximate surface area is 114 Å². The van der Waals surface area contributed by atoms with E-state index in [-0.39, 0.29) is 0 Å². The van der Waals surface area contributed by atoms with Gasteiger partial charge in [-0.25, -0.2) is 0 Å². The van der Waals surface area contributed by atoms with Crippen LogP contribution in [-0.2, 0) is 6.42 Å². The Morgan fingerprint density at radius 2 is 2.24 bits per heavy atom. The smallest absolute Gasteiger partial charge is 0.0364 e. The van der Waals surface area contributed by atoms with Crippen LogP contribution in [0.5, 0.6) is 0 Å². The van der Waals surface area contributed by atoms with Crippen LogP contribution in [0, 0.1) is 17.8 Å². The van der Waals surface area contributed by atoms with Crippen LogP contribution in [0.4, 0.5) is 0 Å². The monoisotopic (exact) mass is 270 g/mol. The van der Waals surface area contributed by atoms with E-state index >= 15 is 0 Å². The first-order valence-corrected chi connectivity index (χ1v) is 8.20. The second kappa shape index (κ2) is 6.24. The molecule has 0 radical (unpaired) electrons. The Morgan fingerprint density at radius 1 is 1.41 bits per heavy atom. The van der Waals surface area contributed by atoms with Gasteiger partial charge in [-0.2, -0.15) is 11.3 Å². The maximum absolute atomic E-state index is 6.50. The maximum Gasteiger partial charge on any atom is 0.0364 e. The summed E-state index contributed by atoms with van der Waals surface area (Å²) in [5.74, 6) is 2.46. The van der Waals surface area contributed by atoms with E-state index in [2.05, 4.69) is 30.7 Å². The molecular formula is C15H23ClS. The molecule has 0 nitrogen and oxygen atoms in total. The van der Waals surface area contributed by atoms with Gasteiger partial charge in [-0.3, -0.25) is 0 Å². The normalized spacial score (nSPS) is 29.8. The lowest BCUT2D eigenvalue weighted by Gasteiger charge is -2.35. The Kier molecular flexibility index (Phi) is 4.93. The van der Waals surface area contributed by atoms with E-state index < -0.39 is 0 Å². The Bertz CT molecular complexity index is 318. The van der Waals surface area contributed by atoms with Crippen molar-refractivity contribution in [2.45, 2.75) is 51.3 Å². The molecule has 96 valence electrons. The number of aryl methyl sites for hydroxylation is 1. The predicted molar refractivity (Wildman–Crippen MR) is 78.0 cm³/mol. The fraction of sp³-hybridized carbons (Fsp3) is 0.733. The molecule has 3 atom stereocenters. The van der Waals surface area contributed by atoms with Crippen molar-refractivity contribution in [2.75, 3.05) is 0 Å². The fourth-order valence-corrected chi connectivity index (χ4v) is 4.01. The average molecular weight is 271 g/mol. The predicted octanol–water partition coefficient (Wildman–Crippen LogP) is 5.36. The molecule has 0 aliphatic heterocycles. The minimum atomic E-state index is 0.420. The van der Waals surface area contributed by atoms with Gasteiger partial charge in [-0.05, 0) is 72.2 Å². The van der Waals surface area contributed by atoms with E-state index in [1.165, 1.54) is 37.7 Å². The highest BCUT2D eigenvalue weighted by molar-refractivity contribution is 7.07. The molecule has 1 aliphatic rings. The van der Waals surface area contributed by atoms with Crippen LogP contribution in [0.1, 0.15) is 45.1 Å². The van der Waals surface area contributed by atoms with E-state index in [1.54, 1.807) is 11.3 Å². The van der Waals surface area contributed by atoms with E-state index in [4.69, 9.17) is 11.6 Å². The van der Waals surface area contributed by atoms with Crippen LogP contribution in [-0.4, -0.2) is 5.38 Å². The molecule has 0 saturated heterocycles. The summed E-state index contributed by atoms with van der Waals surface area (Å²) >= 11 is 8.29. The molecule has 0 spiro atoms. The molecule has 1 heterocycles. The van der Waals surface area contributed by atoms with Gasteiger partial charge in [0.25, 0.3) is 0 Å². The van der Waals surface area contributed by atoms with Gasteiger partial charge in [0.05, 0.1) is 0 Å². The summed E-state index contributed by atoms with van der Waals surface area (Å²) < 4.78 is 0. The maximum atomic E-state index is 6.50. The first-order valence-electron chi connectivity index (χ1n) is 6.82. The van der Waals surface area contributed by atoms with Gasteiger partial charge >= 0.3 is 0 Å². The first-order chi connectivity index (χ1) is 8.16. The fourth-order valence-electron chi connectivity index (χ4n) is 2.95. The summed E-state index contributed by atoms with van der Waals surface area (Å²) in [6, 6.07) is 2.25. The number of rotatable bonds is 4. The third-order valence-electron chi connectivity index (χ3n) is 4.26. The van der Waals surface area contributed by atoms with Gasteiger partial charge in [0.1, 0.15) is 0 Å². The van der Waals surface area contributed by atoms with Gasteiger partial charge < -0.3 is 0 Å². The quantitative estimate of drug-likeness (QED) is 0.646. The summed E-state index contributed by atoms with van der Waals surface area (Å²) in [5, 5.41) is 4.86. The molecule has 2 heteroatoms. The third kappa shape index (κ3) is 3.72. The van der Waals surface area contributed by atoms with Gasteiger partial charge in [0.15, 0.2) is 0 Å². The van der Waals surface area contributed by atoms with Crippen LogP contribution >= 0.6 is 22.9 Å². The van der Waals surface area contributed by atoms with Gasteiger partial charge in [-0.1, -0.05) is 13.8 Å². The van der Waals surface area contributed by atoms with Crippen LogP contribution in [0.3, 0.4) is 0 Å². The number of hydrogen-bond donors (Lipinski definition) is 0. The highest BCUT2D eigenvalue weighted by atomic mass is 35.5. The Hall–Kier alpha value is -0.0100. The van der Waals surface area contributed by atoms with Crippen molar-refractivity contribution in [3.05, 3.63) is 22.4 Å². The standard InChI is InChI=1S/C15H23ClS/c1-11(2)13-5-6-15(16)14(9-13)4-3-12-7-8-17-10-12/h7-8,10-11,13-15H,3-6,9H2,1-2H3. The van der Waals surface area contributed by atoms with E-state index in [0.29, 0.717) is 5.38 Å². The van der Waals surface area contributed by atoms with Crippen LogP contribution in [0.15, 0.2) is 16.8 Å². The highest BCUT2D eigenvalue weighted by Crippen LogP contribution is 2.38. The van der Waals surface area contributed by atoms with Gasteiger partial charge in [0.2, 0.25) is 0 Å². The zero-order chi connectivity index (χ0) is 12.3. The topological polar surface area (TPSA) is 0 Å². The molecule has 1 saturated carbocycles. The molecule has 1 fully saturated rings. The summed E-state index contributed by atoms with van der Waals surface area (Å²) in [5.41, 5.74) is 1.49. The molecule has 1 aromatic heterocycles. The summed E-state index contributed by atoms with van der Waals surface area (Å²) in [7, 11) is 0. The zero-order valence-corrected chi connectivity index (χ0v) is 12.4. The lowest BCUT2D eigenvalue weighted by molar-refractivity contribution is 0.211. The molecule has 0 amide bonds. The highest BCUT2D eigenvalue weighted by Gasteiger charge is 2.30. The average Bonchev–Trinajstić information content (AvgIpc) is 2.80. The Balaban J connectivity index is 1.85. The second-order valence-corrected chi connectivity index (χ2v) is 7.10. The number of hydrogen-bond acceptors (Lipinski definition) is 1. The molecule has 17 heavy (non-hydrogen) atoms. The van der Waals surface area contributed by atoms with Crippen molar-refractivity contribution in [1.29, 1.82) is 0 Å². The van der Waals surface area contributed by atoms with E-state index in [0.717, 1.165) is 17.8 Å². The number of thiophene rings is 1.